The van der Waals surface area contributed by atoms with Crippen LogP contribution in [0, 0.1) is 0 Å². The number of nitrogens with zero attached hydrogens (tertiary/aromatic N) is 4. The number of rotatable bonds is 5. The van der Waals surface area contributed by atoms with E-state index in [1.165, 1.54) is 17.5 Å². The zero-order valence-corrected chi connectivity index (χ0v) is 19.4. The molecule has 3 N–H and O–H groups in total. The molecule has 0 spiro atoms. The summed E-state index contributed by atoms with van der Waals surface area (Å²) < 4.78 is 11.9. The fraction of sp³-hybridized carbons (Fsp3) is 0.476. The molecule has 2 fully saturated rings. The van der Waals surface area contributed by atoms with Crippen LogP contribution in [0.4, 0.5) is 5.82 Å². The molecule has 0 radical (unpaired) electrons. The lowest BCUT2D eigenvalue weighted by Crippen LogP contribution is -2.43. The Morgan fingerprint density at radius 3 is 2.91 bits per heavy atom. The van der Waals surface area contributed by atoms with Gasteiger partial charge in [0.05, 0.1) is 36.4 Å². The topological polar surface area (TPSA) is 154 Å². The maximum absolute atomic E-state index is 12.2. The third kappa shape index (κ3) is 5.50. The van der Waals surface area contributed by atoms with Gasteiger partial charge in [-0.3, -0.25) is 14.6 Å². The van der Waals surface area contributed by atoms with E-state index in [4.69, 9.17) is 19.4 Å². The molecular weight excluding hydrogens is 464 g/mol. The second-order valence-electron chi connectivity index (χ2n) is 8.06. The summed E-state index contributed by atoms with van der Waals surface area (Å²) in [6, 6.07) is 1.91. The Labute approximate surface area is 198 Å². The number of carbonyl (C=O) groups is 1. The molecule has 0 amide bonds. The Bertz CT molecular complexity index is 1240. The van der Waals surface area contributed by atoms with Crippen LogP contribution in [0.2, 0.25) is 0 Å². The molecular formula is C21H26N6O6S. The summed E-state index contributed by atoms with van der Waals surface area (Å²) in [4.78, 5) is 51.5. The zero-order chi connectivity index (χ0) is 24.1. The lowest BCUT2D eigenvalue weighted by molar-refractivity contribution is -0.122. The highest BCUT2D eigenvalue weighted by Gasteiger charge is 2.28. The normalized spacial score (nSPS) is 20.8. The van der Waals surface area contributed by atoms with Gasteiger partial charge < -0.3 is 29.4 Å². The van der Waals surface area contributed by atoms with E-state index in [1.807, 2.05) is 6.07 Å². The maximum Gasteiger partial charge on any atom is 0.325 e. The Hall–Kier alpha value is -3.13. The lowest BCUT2D eigenvalue weighted by Gasteiger charge is -2.30. The number of carboxylic acid groups (broad SMARTS) is 1. The third-order valence-corrected chi connectivity index (χ3v) is 6.77. The molecule has 34 heavy (non-hydrogen) atoms. The van der Waals surface area contributed by atoms with E-state index in [0.29, 0.717) is 12.2 Å². The number of morpholine rings is 1. The standard InChI is InChI=1S/C20H24N6O4S.CH2O2/c1-25-4-5-29-13(8-25)10-30-12-2-3-26(9-12)17-14-6-16(31-19(14)23-11-22-17)15-7-21-20(28)24-18(15)27;2-1-3/h6-7,11-13H,2-5,8-10H2,1H3,(H2,21,24,27,28);1H,(H,2,3). The molecule has 2 atom stereocenters. The van der Waals surface area contributed by atoms with E-state index in [2.05, 4.69) is 36.8 Å². The van der Waals surface area contributed by atoms with Crippen LogP contribution in [0.1, 0.15) is 6.42 Å². The first kappa shape index (κ1) is 24.0. The van der Waals surface area contributed by atoms with E-state index in [1.54, 1.807) is 6.33 Å². The number of thiophene rings is 1. The molecule has 2 aliphatic rings. The predicted molar refractivity (Wildman–Crippen MR) is 127 cm³/mol. The molecule has 0 saturated carbocycles. The first-order chi connectivity index (χ1) is 16.5. The smallest absolute Gasteiger partial charge is 0.325 e. The maximum atomic E-state index is 12.2. The van der Waals surface area contributed by atoms with Gasteiger partial charge >= 0.3 is 5.69 Å². The number of aromatic nitrogens is 4. The molecule has 0 aromatic carbocycles. The average molecular weight is 491 g/mol. The van der Waals surface area contributed by atoms with Crippen molar-refractivity contribution in [3.05, 3.63) is 39.4 Å². The molecule has 5 rings (SSSR count). The van der Waals surface area contributed by atoms with Crippen LogP contribution in [-0.4, -0.2) is 95.1 Å². The number of hydrogen-bond donors (Lipinski definition) is 3. The van der Waals surface area contributed by atoms with Gasteiger partial charge in [0, 0.05) is 37.3 Å². The molecule has 2 saturated heterocycles. The van der Waals surface area contributed by atoms with Crippen molar-refractivity contribution in [2.24, 2.45) is 0 Å². The average Bonchev–Trinajstić information content (AvgIpc) is 3.45. The van der Waals surface area contributed by atoms with Gasteiger partial charge in [-0.05, 0) is 19.5 Å². The van der Waals surface area contributed by atoms with Crippen molar-refractivity contribution in [2.45, 2.75) is 18.6 Å². The summed E-state index contributed by atoms with van der Waals surface area (Å²) in [5.74, 6) is 0.841. The van der Waals surface area contributed by atoms with E-state index in [-0.39, 0.29) is 18.7 Å². The summed E-state index contributed by atoms with van der Waals surface area (Å²) in [7, 11) is 2.10. The van der Waals surface area contributed by atoms with Crippen molar-refractivity contribution in [1.29, 1.82) is 0 Å². The molecule has 5 heterocycles. The number of H-pyrrole nitrogens is 2. The Balaban J connectivity index is 0.000000868. The fourth-order valence-corrected chi connectivity index (χ4v) is 5.09. The van der Waals surface area contributed by atoms with Gasteiger partial charge in [0.1, 0.15) is 17.0 Å². The molecule has 13 heteroatoms. The predicted octanol–water partition coefficient (Wildman–Crippen LogP) is 0.362. The van der Waals surface area contributed by atoms with Gasteiger partial charge in [-0.1, -0.05) is 0 Å². The summed E-state index contributed by atoms with van der Waals surface area (Å²) in [5.41, 5.74) is -0.535. The second-order valence-corrected chi connectivity index (χ2v) is 9.09. The first-order valence-electron chi connectivity index (χ1n) is 10.8. The summed E-state index contributed by atoms with van der Waals surface area (Å²) in [6.07, 6.45) is 4.15. The Kier molecular flexibility index (Phi) is 7.67. The number of likely N-dealkylation sites (N-methyl/N-ethyl adjacent to an activating group) is 1. The molecule has 2 unspecified atom stereocenters. The largest absolute Gasteiger partial charge is 0.483 e. The quantitative estimate of drug-likeness (QED) is 0.427. The van der Waals surface area contributed by atoms with Crippen molar-refractivity contribution >= 4 is 33.8 Å². The zero-order valence-electron chi connectivity index (χ0n) is 18.6. The van der Waals surface area contributed by atoms with Gasteiger partial charge in [-0.25, -0.2) is 14.8 Å². The third-order valence-electron chi connectivity index (χ3n) is 5.70. The van der Waals surface area contributed by atoms with E-state index in [9.17, 15) is 9.59 Å². The van der Waals surface area contributed by atoms with E-state index in [0.717, 1.165) is 60.1 Å². The summed E-state index contributed by atoms with van der Waals surface area (Å²) in [6.45, 7) is 4.54. The molecule has 3 aromatic heterocycles. The van der Waals surface area contributed by atoms with Crippen molar-refractivity contribution in [1.82, 2.24) is 24.8 Å². The highest BCUT2D eigenvalue weighted by molar-refractivity contribution is 7.21. The minimum atomic E-state index is -0.524. The van der Waals surface area contributed by atoms with Crippen LogP contribution in [0.15, 0.2) is 28.2 Å². The van der Waals surface area contributed by atoms with E-state index < -0.39 is 11.2 Å². The SMILES string of the molecule is CN1CCOC(COC2CCN(c3ncnc4sc(-c5c[nH]c(=O)[nH]c5=O)cc34)C2)C1.O=CO. The molecule has 2 aliphatic heterocycles. The lowest BCUT2D eigenvalue weighted by atomic mass is 10.2. The van der Waals surface area contributed by atoms with Gasteiger partial charge in [0.2, 0.25) is 0 Å². The molecule has 0 aliphatic carbocycles. The number of ether oxygens (including phenoxy) is 2. The first-order valence-corrected chi connectivity index (χ1v) is 11.6. The van der Waals surface area contributed by atoms with Crippen molar-refractivity contribution < 1.29 is 19.4 Å². The molecule has 3 aromatic rings. The van der Waals surface area contributed by atoms with Crippen LogP contribution < -0.4 is 16.1 Å². The van der Waals surface area contributed by atoms with Gasteiger partial charge in [-0.2, -0.15) is 0 Å². The van der Waals surface area contributed by atoms with Gasteiger partial charge in [0.25, 0.3) is 12.0 Å². The van der Waals surface area contributed by atoms with Crippen molar-refractivity contribution in [3.8, 4) is 10.4 Å². The number of anilines is 1. The number of nitrogens with one attached hydrogen (secondary N) is 2. The number of hydrogen-bond acceptors (Lipinski definition) is 10. The van der Waals surface area contributed by atoms with E-state index >= 15 is 0 Å². The van der Waals surface area contributed by atoms with Crippen molar-refractivity contribution in [3.63, 3.8) is 0 Å². The van der Waals surface area contributed by atoms with Crippen LogP contribution in [0.5, 0.6) is 0 Å². The van der Waals surface area contributed by atoms with Crippen LogP contribution in [0.3, 0.4) is 0 Å². The van der Waals surface area contributed by atoms with Crippen LogP contribution >= 0.6 is 11.3 Å². The van der Waals surface area contributed by atoms with Crippen molar-refractivity contribution in [2.75, 3.05) is 51.3 Å². The summed E-state index contributed by atoms with van der Waals surface area (Å²) >= 11 is 1.40. The van der Waals surface area contributed by atoms with Crippen LogP contribution in [-0.2, 0) is 14.3 Å². The molecule has 0 bridgehead atoms. The minimum Gasteiger partial charge on any atom is -0.483 e. The fourth-order valence-electron chi connectivity index (χ4n) is 4.09. The number of aromatic amines is 2. The monoisotopic (exact) mass is 490 g/mol. The van der Waals surface area contributed by atoms with Crippen LogP contribution in [0.25, 0.3) is 20.7 Å². The summed E-state index contributed by atoms with van der Waals surface area (Å²) in [5, 5.41) is 7.78. The molecule has 182 valence electrons. The second kappa shape index (κ2) is 10.9. The molecule has 12 nitrogen and oxygen atoms in total. The Morgan fingerprint density at radius 2 is 2.15 bits per heavy atom. The minimum absolute atomic E-state index is 0.119. The number of fused-ring (bicyclic) bond motifs is 1. The highest BCUT2D eigenvalue weighted by atomic mass is 32.1. The highest BCUT2D eigenvalue weighted by Crippen LogP contribution is 2.35. The van der Waals surface area contributed by atoms with Gasteiger partial charge in [-0.15, -0.1) is 11.3 Å². The van der Waals surface area contributed by atoms with Gasteiger partial charge in [0.15, 0.2) is 0 Å². The Morgan fingerprint density at radius 1 is 1.32 bits per heavy atom.